The highest BCUT2D eigenvalue weighted by molar-refractivity contribution is 8.26. The van der Waals surface area contributed by atoms with E-state index in [1.807, 2.05) is 0 Å². The van der Waals surface area contributed by atoms with E-state index in [-0.39, 0.29) is 20.7 Å². The van der Waals surface area contributed by atoms with Crippen molar-refractivity contribution in [1.82, 2.24) is 9.80 Å². The summed E-state index contributed by atoms with van der Waals surface area (Å²) in [5.74, 6) is -2.44. The summed E-state index contributed by atoms with van der Waals surface area (Å²) < 4.78 is 14.1. The number of carboxylic acids is 1. The molecular weight excluding hydrogens is 403 g/mol. The first-order valence-corrected chi connectivity index (χ1v) is 10.0. The Morgan fingerprint density at radius 3 is 2.57 bits per heavy atom. The lowest BCUT2D eigenvalue weighted by Crippen LogP contribution is -2.51. The van der Waals surface area contributed by atoms with Crippen LogP contribution in [0.2, 0.25) is 0 Å². The molecule has 1 aromatic carbocycles. The molecule has 1 unspecified atom stereocenters. The van der Waals surface area contributed by atoms with Crippen LogP contribution in [0.15, 0.2) is 29.2 Å². The number of carbonyl (C=O) groups excluding carboxylic acids is 2. The van der Waals surface area contributed by atoms with Crippen LogP contribution in [0, 0.1) is 11.7 Å². The van der Waals surface area contributed by atoms with Gasteiger partial charge in [0.05, 0.1) is 10.8 Å². The number of hydrogen-bond acceptors (Lipinski definition) is 5. The van der Waals surface area contributed by atoms with Gasteiger partial charge >= 0.3 is 5.97 Å². The van der Waals surface area contributed by atoms with Crippen LogP contribution in [0.25, 0.3) is 6.08 Å². The van der Waals surface area contributed by atoms with Crippen molar-refractivity contribution in [2.75, 3.05) is 13.1 Å². The van der Waals surface area contributed by atoms with Crippen LogP contribution in [0.4, 0.5) is 4.39 Å². The van der Waals surface area contributed by atoms with E-state index in [9.17, 15) is 18.8 Å². The smallest absolute Gasteiger partial charge is 0.306 e. The number of thiocarbonyl (C=S) groups is 1. The van der Waals surface area contributed by atoms with E-state index in [2.05, 4.69) is 0 Å². The Bertz CT molecular complexity index is 865. The van der Waals surface area contributed by atoms with Crippen LogP contribution in [-0.2, 0) is 14.4 Å². The summed E-state index contributed by atoms with van der Waals surface area (Å²) in [6.45, 7) is 2.27. The second-order valence-corrected chi connectivity index (χ2v) is 8.36. The molecule has 2 fully saturated rings. The molecule has 0 aromatic heterocycles. The Labute approximate surface area is 171 Å². The highest BCUT2D eigenvalue weighted by atomic mass is 32.2. The molecule has 0 bridgehead atoms. The fourth-order valence-electron chi connectivity index (χ4n) is 3.27. The van der Waals surface area contributed by atoms with Crippen LogP contribution in [0.3, 0.4) is 0 Å². The first-order chi connectivity index (χ1) is 13.3. The predicted molar refractivity (Wildman–Crippen MR) is 108 cm³/mol. The van der Waals surface area contributed by atoms with E-state index in [0.717, 1.165) is 11.8 Å². The van der Waals surface area contributed by atoms with E-state index in [4.69, 9.17) is 17.3 Å². The van der Waals surface area contributed by atoms with Crippen molar-refractivity contribution in [3.63, 3.8) is 0 Å². The maximum absolute atomic E-state index is 13.9. The minimum Gasteiger partial charge on any atom is -0.481 e. The van der Waals surface area contributed by atoms with Gasteiger partial charge in [0.15, 0.2) is 0 Å². The lowest BCUT2D eigenvalue weighted by molar-refractivity contribution is -0.147. The monoisotopic (exact) mass is 422 g/mol. The van der Waals surface area contributed by atoms with Crippen molar-refractivity contribution < 1.29 is 23.9 Å². The average molecular weight is 423 g/mol. The van der Waals surface area contributed by atoms with Gasteiger partial charge in [-0.15, -0.1) is 0 Å². The zero-order valence-corrected chi connectivity index (χ0v) is 16.8. The van der Waals surface area contributed by atoms with Gasteiger partial charge in [-0.3, -0.25) is 19.3 Å². The van der Waals surface area contributed by atoms with Crippen molar-refractivity contribution >= 4 is 52.2 Å². The van der Waals surface area contributed by atoms with Crippen molar-refractivity contribution in [1.29, 1.82) is 0 Å². The van der Waals surface area contributed by atoms with Crippen LogP contribution in [-0.4, -0.2) is 56.1 Å². The van der Waals surface area contributed by atoms with Crippen molar-refractivity contribution in [2.45, 2.75) is 25.8 Å². The van der Waals surface area contributed by atoms with Crippen LogP contribution in [0.1, 0.15) is 25.3 Å². The van der Waals surface area contributed by atoms with Crippen molar-refractivity contribution in [3.05, 3.63) is 40.6 Å². The molecule has 1 aromatic rings. The van der Waals surface area contributed by atoms with E-state index in [0.29, 0.717) is 25.9 Å². The Hall–Kier alpha value is -2.26. The molecule has 148 valence electrons. The molecule has 1 atom stereocenters. The summed E-state index contributed by atoms with van der Waals surface area (Å²) in [6, 6.07) is 5.29. The zero-order valence-electron chi connectivity index (χ0n) is 15.1. The van der Waals surface area contributed by atoms with Crippen LogP contribution < -0.4 is 0 Å². The first kappa shape index (κ1) is 20.5. The molecule has 2 aliphatic heterocycles. The minimum atomic E-state index is -0.852. The Kier molecular flexibility index (Phi) is 6.14. The highest BCUT2D eigenvalue weighted by Gasteiger charge is 2.40. The molecule has 3 rings (SSSR count). The van der Waals surface area contributed by atoms with E-state index in [1.165, 1.54) is 17.0 Å². The molecule has 6 nitrogen and oxygen atoms in total. The Morgan fingerprint density at radius 2 is 1.96 bits per heavy atom. The number of thioether (sulfide) groups is 1. The second-order valence-electron chi connectivity index (χ2n) is 6.69. The molecule has 28 heavy (non-hydrogen) atoms. The number of carboxylic acid groups (broad SMARTS) is 1. The minimum absolute atomic E-state index is 0.244. The number of likely N-dealkylation sites (tertiary alicyclic amines) is 1. The average Bonchev–Trinajstić information content (AvgIpc) is 2.95. The summed E-state index contributed by atoms with van der Waals surface area (Å²) in [7, 11) is 0. The van der Waals surface area contributed by atoms with Crippen LogP contribution >= 0.6 is 24.0 Å². The van der Waals surface area contributed by atoms with Gasteiger partial charge in [0.2, 0.25) is 5.91 Å². The molecule has 2 aliphatic rings. The molecule has 2 heterocycles. The van der Waals surface area contributed by atoms with Gasteiger partial charge in [-0.05, 0) is 31.9 Å². The summed E-state index contributed by atoms with van der Waals surface area (Å²) in [6.07, 6.45) is 2.21. The highest BCUT2D eigenvalue weighted by Crippen LogP contribution is 2.34. The number of carbonyl (C=O) groups is 3. The van der Waals surface area contributed by atoms with Gasteiger partial charge in [-0.1, -0.05) is 42.2 Å². The number of hydrogen-bond donors (Lipinski definition) is 1. The molecule has 0 saturated carbocycles. The number of piperidine rings is 1. The number of benzene rings is 1. The molecule has 0 aliphatic carbocycles. The molecule has 2 saturated heterocycles. The molecule has 0 radical (unpaired) electrons. The lowest BCUT2D eigenvalue weighted by Gasteiger charge is -2.34. The van der Waals surface area contributed by atoms with Gasteiger partial charge in [0, 0.05) is 18.7 Å². The lowest BCUT2D eigenvalue weighted by atomic mass is 9.96. The van der Waals surface area contributed by atoms with E-state index < -0.39 is 29.7 Å². The molecular formula is C19H19FN2O4S2. The Balaban J connectivity index is 1.72. The summed E-state index contributed by atoms with van der Waals surface area (Å²) in [4.78, 5) is 39.7. The van der Waals surface area contributed by atoms with Gasteiger partial charge in [0.25, 0.3) is 5.91 Å². The van der Waals surface area contributed by atoms with Gasteiger partial charge in [-0.25, -0.2) is 4.39 Å². The van der Waals surface area contributed by atoms with Crippen molar-refractivity contribution in [3.8, 4) is 0 Å². The predicted octanol–water partition coefficient (Wildman–Crippen LogP) is 2.74. The quantitative estimate of drug-likeness (QED) is 0.594. The standard InChI is InChI=1S/C19H19FN2O4S2/c1-11(16(23)21-8-6-12(7-9-21)18(25)26)22-17(24)15(28-19(22)27)10-13-4-2-3-5-14(13)20/h2-5,10-12H,6-9H2,1H3,(H,25,26). The number of nitrogens with zero attached hydrogens (tertiary/aromatic N) is 2. The normalized spacial score (nSPS) is 20.7. The maximum atomic E-state index is 13.9. The fourth-order valence-corrected chi connectivity index (χ4v) is 4.68. The molecule has 1 N–H and O–H groups in total. The number of halogens is 1. The largest absolute Gasteiger partial charge is 0.481 e. The van der Waals surface area contributed by atoms with Gasteiger partial charge < -0.3 is 10.0 Å². The molecule has 0 spiro atoms. The summed E-state index contributed by atoms with van der Waals surface area (Å²) >= 11 is 6.31. The SMILES string of the molecule is CC(C(=O)N1CCC(C(=O)O)CC1)N1C(=O)C(=Cc2ccccc2F)SC1=S. The van der Waals surface area contributed by atoms with E-state index in [1.54, 1.807) is 30.0 Å². The number of amides is 2. The summed E-state index contributed by atoms with van der Waals surface area (Å²) in [5.41, 5.74) is 0.276. The molecule has 9 heteroatoms. The van der Waals surface area contributed by atoms with Crippen LogP contribution in [0.5, 0.6) is 0 Å². The van der Waals surface area contributed by atoms with E-state index >= 15 is 0 Å². The summed E-state index contributed by atoms with van der Waals surface area (Å²) in [5, 5.41) is 9.08. The fraction of sp³-hybridized carbons (Fsp3) is 0.368. The topological polar surface area (TPSA) is 77.9 Å². The maximum Gasteiger partial charge on any atom is 0.306 e. The number of aliphatic carboxylic acids is 1. The first-order valence-electron chi connectivity index (χ1n) is 8.82. The van der Waals surface area contributed by atoms with Crippen molar-refractivity contribution in [2.24, 2.45) is 5.92 Å². The van der Waals surface area contributed by atoms with Gasteiger partial charge in [-0.2, -0.15) is 0 Å². The Morgan fingerprint density at radius 1 is 1.32 bits per heavy atom. The van der Waals surface area contributed by atoms with Gasteiger partial charge in [0.1, 0.15) is 16.2 Å². The zero-order chi connectivity index (χ0) is 20.4. The third-order valence-electron chi connectivity index (χ3n) is 4.92. The third-order valence-corrected chi connectivity index (χ3v) is 6.25. The number of rotatable bonds is 4. The molecule has 2 amide bonds. The third kappa shape index (κ3) is 4.10. The second kappa shape index (κ2) is 8.40.